The Bertz CT molecular complexity index is 698. The first-order chi connectivity index (χ1) is 10.7. The summed E-state index contributed by atoms with van der Waals surface area (Å²) in [5.74, 6) is 0. The van der Waals surface area contributed by atoms with Crippen LogP contribution >= 0.6 is 0 Å². The third-order valence-electron chi connectivity index (χ3n) is 4.28. The number of fused-ring (bicyclic) bond motifs is 1. The van der Waals surface area contributed by atoms with Gasteiger partial charge in [0.15, 0.2) is 0 Å². The molecule has 3 rings (SSSR count). The molecule has 0 aliphatic heterocycles. The summed E-state index contributed by atoms with van der Waals surface area (Å²) in [4.78, 5) is 0. The van der Waals surface area contributed by atoms with Gasteiger partial charge in [0.1, 0.15) is 0 Å². The Kier molecular flexibility index (Phi) is 4.59. The number of nitrogens with zero attached hydrogens (tertiary/aromatic N) is 1. The van der Waals surface area contributed by atoms with Crippen molar-refractivity contribution in [1.29, 1.82) is 0 Å². The second kappa shape index (κ2) is 6.80. The third-order valence-corrected chi connectivity index (χ3v) is 4.28. The van der Waals surface area contributed by atoms with Crippen LogP contribution in [0.1, 0.15) is 30.5 Å². The zero-order valence-electron chi connectivity index (χ0n) is 13.4. The van der Waals surface area contributed by atoms with Crippen LogP contribution < -0.4 is 5.32 Å². The van der Waals surface area contributed by atoms with E-state index in [-0.39, 0.29) is 0 Å². The van der Waals surface area contributed by atoms with Crippen LogP contribution in [0.5, 0.6) is 0 Å². The molecule has 0 amide bonds. The highest BCUT2D eigenvalue weighted by Crippen LogP contribution is 2.31. The Morgan fingerprint density at radius 2 is 1.91 bits per heavy atom. The Morgan fingerprint density at radius 3 is 2.73 bits per heavy atom. The first kappa shape index (κ1) is 14.9. The molecule has 0 saturated carbocycles. The monoisotopic (exact) mass is 292 g/mol. The molecule has 0 fully saturated rings. The minimum absolute atomic E-state index is 0.385. The lowest BCUT2D eigenvalue weighted by atomic mass is 10.0. The van der Waals surface area contributed by atoms with Crippen LogP contribution in [0, 0.1) is 0 Å². The molecule has 1 atom stereocenters. The Labute approximate surface area is 133 Å². The highest BCUT2D eigenvalue weighted by atomic mass is 14.9. The molecule has 22 heavy (non-hydrogen) atoms. The maximum absolute atomic E-state index is 3.66. The van der Waals surface area contributed by atoms with E-state index in [1.54, 1.807) is 0 Å². The van der Waals surface area contributed by atoms with E-state index >= 15 is 0 Å². The normalized spacial score (nSPS) is 12.6. The fourth-order valence-electron chi connectivity index (χ4n) is 3.05. The van der Waals surface area contributed by atoms with Crippen LogP contribution in [0.3, 0.4) is 0 Å². The van der Waals surface area contributed by atoms with Crippen LogP contribution in [-0.2, 0) is 13.5 Å². The Hall–Kier alpha value is -2.06. The highest BCUT2D eigenvalue weighted by Gasteiger charge is 2.13. The summed E-state index contributed by atoms with van der Waals surface area (Å²) in [5, 5.41) is 3.66. The molecule has 1 N–H and O–H groups in total. The number of hydrogen-bond acceptors (Lipinski definition) is 1. The fourth-order valence-corrected chi connectivity index (χ4v) is 3.05. The minimum Gasteiger partial charge on any atom is -0.357 e. The van der Waals surface area contributed by atoms with Crippen LogP contribution in [0.4, 0.5) is 0 Å². The number of aromatic nitrogens is 1. The van der Waals surface area contributed by atoms with Crippen molar-refractivity contribution in [1.82, 2.24) is 9.88 Å². The molecule has 114 valence electrons. The Morgan fingerprint density at radius 1 is 1.05 bits per heavy atom. The molecule has 2 nitrogen and oxygen atoms in total. The summed E-state index contributed by atoms with van der Waals surface area (Å²) < 4.78 is 2.11. The predicted molar refractivity (Wildman–Crippen MR) is 93.2 cm³/mol. The van der Waals surface area contributed by atoms with Gasteiger partial charge < -0.3 is 9.88 Å². The SMILES string of the molecule is CC(NCCCc1ccn(C)c1)c1ccc2cccccc1-2. The predicted octanol–water partition coefficient (Wildman–Crippen LogP) is 4.41. The maximum atomic E-state index is 3.66. The number of rotatable bonds is 6. The number of hydrogen-bond donors (Lipinski definition) is 1. The topological polar surface area (TPSA) is 17.0 Å². The van der Waals surface area contributed by atoms with E-state index in [2.05, 4.69) is 84.8 Å². The van der Waals surface area contributed by atoms with E-state index in [4.69, 9.17) is 0 Å². The first-order valence-corrected chi connectivity index (χ1v) is 8.06. The lowest BCUT2D eigenvalue weighted by molar-refractivity contribution is 0.560. The Balaban J connectivity index is 1.54. The van der Waals surface area contributed by atoms with Gasteiger partial charge in [0.25, 0.3) is 0 Å². The summed E-state index contributed by atoms with van der Waals surface area (Å²) in [6, 6.07) is 17.8. The van der Waals surface area contributed by atoms with E-state index in [1.807, 2.05) is 0 Å². The second-order valence-electron chi connectivity index (χ2n) is 6.03. The van der Waals surface area contributed by atoms with Crippen molar-refractivity contribution in [2.75, 3.05) is 6.54 Å². The van der Waals surface area contributed by atoms with Crippen molar-refractivity contribution in [2.45, 2.75) is 25.8 Å². The average Bonchev–Trinajstić information content (AvgIpc) is 3.03. The van der Waals surface area contributed by atoms with E-state index in [1.165, 1.54) is 28.7 Å². The molecule has 1 aromatic rings. The summed E-state index contributed by atoms with van der Waals surface area (Å²) in [6.45, 7) is 3.30. The fraction of sp³-hybridized carbons (Fsp3) is 0.300. The smallest absolute Gasteiger partial charge is 0.0297 e. The quantitative estimate of drug-likeness (QED) is 0.666. The van der Waals surface area contributed by atoms with Gasteiger partial charge in [-0.05, 0) is 54.6 Å². The largest absolute Gasteiger partial charge is 0.357 e. The third kappa shape index (κ3) is 3.40. The van der Waals surface area contributed by atoms with Gasteiger partial charge in [0, 0.05) is 25.5 Å². The van der Waals surface area contributed by atoms with E-state index in [9.17, 15) is 0 Å². The van der Waals surface area contributed by atoms with Crippen LogP contribution in [0.2, 0.25) is 0 Å². The molecule has 0 saturated heterocycles. The van der Waals surface area contributed by atoms with Crippen molar-refractivity contribution in [3.8, 4) is 11.1 Å². The molecule has 1 unspecified atom stereocenters. The van der Waals surface area contributed by atoms with E-state index in [0.717, 1.165) is 13.0 Å². The van der Waals surface area contributed by atoms with Gasteiger partial charge in [0.05, 0.1) is 0 Å². The standard InChI is InChI=1S/C20H24N2/c1-16(21-13-6-7-17-12-14-22(2)15-17)19-11-10-18-8-4-3-5-9-20(18)19/h3-5,8-12,14-16,21H,6-7,13H2,1-2H3. The van der Waals surface area contributed by atoms with Gasteiger partial charge in [0.2, 0.25) is 0 Å². The van der Waals surface area contributed by atoms with Crippen molar-refractivity contribution < 1.29 is 0 Å². The van der Waals surface area contributed by atoms with Gasteiger partial charge >= 0.3 is 0 Å². The van der Waals surface area contributed by atoms with Gasteiger partial charge in [-0.2, -0.15) is 0 Å². The van der Waals surface area contributed by atoms with Gasteiger partial charge in [-0.15, -0.1) is 0 Å². The van der Waals surface area contributed by atoms with Crippen molar-refractivity contribution in [3.05, 3.63) is 72.1 Å². The molecule has 1 aromatic heterocycles. The number of aryl methyl sites for hydroxylation is 2. The van der Waals surface area contributed by atoms with Gasteiger partial charge in [-0.1, -0.05) is 42.5 Å². The molecule has 2 heteroatoms. The molecule has 0 radical (unpaired) electrons. The molecule has 0 spiro atoms. The summed E-state index contributed by atoms with van der Waals surface area (Å²) >= 11 is 0. The van der Waals surface area contributed by atoms with Gasteiger partial charge in [-0.3, -0.25) is 0 Å². The lowest BCUT2D eigenvalue weighted by Crippen LogP contribution is -2.20. The van der Waals surface area contributed by atoms with E-state index in [0.29, 0.717) is 6.04 Å². The molecule has 0 bridgehead atoms. The average molecular weight is 292 g/mol. The molecular formula is C20H24N2. The summed E-state index contributed by atoms with van der Waals surface area (Å²) in [5.41, 5.74) is 5.49. The molecule has 2 aliphatic rings. The van der Waals surface area contributed by atoms with Crippen LogP contribution in [-0.4, -0.2) is 11.1 Å². The maximum Gasteiger partial charge on any atom is 0.0297 e. The molecule has 1 heterocycles. The minimum atomic E-state index is 0.385. The molecule has 0 aromatic carbocycles. The first-order valence-electron chi connectivity index (χ1n) is 8.06. The highest BCUT2D eigenvalue weighted by molar-refractivity contribution is 5.70. The molecule has 2 aliphatic carbocycles. The van der Waals surface area contributed by atoms with Crippen LogP contribution in [0.25, 0.3) is 11.1 Å². The lowest BCUT2D eigenvalue weighted by Gasteiger charge is -2.14. The van der Waals surface area contributed by atoms with Crippen molar-refractivity contribution in [3.63, 3.8) is 0 Å². The second-order valence-corrected chi connectivity index (χ2v) is 6.03. The molecular weight excluding hydrogens is 268 g/mol. The van der Waals surface area contributed by atoms with Crippen LogP contribution in [0.15, 0.2) is 60.9 Å². The summed E-state index contributed by atoms with van der Waals surface area (Å²) in [6.07, 6.45) is 6.62. The van der Waals surface area contributed by atoms with Crippen molar-refractivity contribution in [2.24, 2.45) is 7.05 Å². The zero-order valence-corrected chi connectivity index (χ0v) is 13.4. The summed E-state index contributed by atoms with van der Waals surface area (Å²) in [7, 11) is 2.07. The number of nitrogens with one attached hydrogen (secondary N) is 1. The zero-order chi connectivity index (χ0) is 15.4. The van der Waals surface area contributed by atoms with E-state index < -0.39 is 0 Å². The van der Waals surface area contributed by atoms with Gasteiger partial charge in [-0.25, -0.2) is 0 Å². The van der Waals surface area contributed by atoms with Crippen molar-refractivity contribution >= 4 is 0 Å².